The molecule has 2 heterocycles. The molecule has 0 atom stereocenters. The summed E-state index contributed by atoms with van der Waals surface area (Å²) in [5.74, 6) is 0.541. The second-order valence-corrected chi connectivity index (χ2v) is 5.19. The topological polar surface area (TPSA) is 56.2 Å². The highest BCUT2D eigenvalue weighted by Crippen LogP contribution is 2.24. The number of aromatic nitrogens is 3. The van der Waals surface area contributed by atoms with E-state index in [4.69, 9.17) is 5.73 Å². The molecule has 4 heteroatoms. The van der Waals surface area contributed by atoms with Crippen LogP contribution in [0.25, 0.3) is 16.9 Å². The second kappa shape index (κ2) is 5.06. The molecule has 0 radical (unpaired) electrons. The van der Waals surface area contributed by atoms with Crippen LogP contribution < -0.4 is 5.73 Å². The molecule has 0 spiro atoms. The molecule has 4 nitrogen and oxygen atoms in total. The Labute approximate surface area is 118 Å². The van der Waals surface area contributed by atoms with Gasteiger partial charge in [-0.15, -0.1) is 0 Å². The lowest BCUT2D eigenvalue weighted by atomic mass is 10.0. The molecule has 0 aliphatic carbocycles. The van der Waals surface area contributed by atoms with Crippen LogP contribution >= 0.6 is 0 Å². The van der Waals surface area contributed by atoms with Crippen LogP contribution in [0.3, 0.4) is 0 Å². The van der Waals surface area contributed by atoms with Crippen LogP contribution in [0.1, 0.15) is 31.0 Å². The third kappa shape index (κ3) is 2.08. The number of fused-ring (bicyclic) bond motifs is 1. The number of hydrogen-bond donors (Lipinski definition) is 1. The van der Waals surface area contributed by atoms with Gasteiger partial charge in [0.1, 0.15) is 0 Å². The van der Waals surface area contributed by atoms with Gasteiger partial charge in [-0.25, -0.2) is 4.98 Å². The maximum Gasteiger partial charge on any atom is 0.160 e. The first kappa shape index (κ1) is 12.8. The largest absolute Gasteiger partial charge is 0.325 e. The average Bonchev–Trinajstić information content (AvgIpc) is 2.91. The Bertz CT molecular complexity index is 726. The Morgan fingerprint density at radius 3 is 2.55 bits per heavy atom. The Kier molecular flexibility index (Phi) is 3.24. The van der Waals surface area contributed by atoms with Crippen LogP contribution in [0.5, 0.6) is 0 Å². The third-order valence-electron chi connectivity index (χ3n) is 3.57. The minimum absolute atomic E-state index is 0.396. The fourth-order valence-electron chi connectivity index (χ4n) is 2.37. The molecule has 102 valence electrons. The summed E-state index contributed by atoms with van der Waals surface area (Å²) in [6.07, 6.45) is 5.57. The first-order chi connectivity index (χ1) is 9.70. The highest BCUT2D eigenvalue weighted by Gasteiger charge is 2.09. The maximum absolute atomic E-state index is 5.70. The van der Waals surface area contributed by atoms with Crippen molar-refractivity contribution in [3.05, 3.63) is 54.1 Å². The van der Waals surface area contributed by atoms with Gasteiger partial charge in [-0.3, -0.25) is 9.38 Å². The monoisotopic (exact) mass is 266 g/mol. The summed E-state index contributed by atoms with van der Waals surface area (Å²) >= 11 is 0. The zero-order valence-corrected chi connectivity index (χ0v) is 11.7. The molecule has 2 aromatic heterocycles. The van der Waals surface area contributed by atoms with Crippen molar-refractivity contribution in [2.75, 3.05) is 0 Å². The molecule has 0 bridgehead atoms. The molecule has 3 rings (SSSR count). The highest BCUT2D eigenvalue weighted by atomic mass is 15.0. The smallest absolute Gasteiger partial charge is 0.160 e. The molecular weight excluding hydrogens is 248 g/mol. The van der Waals surface area contributed by atoms with E-state index in [9.17, 15) is 0 Å². The SMILES string of the molecule is CC(C)c1ccc(-c2cnc3c(CN)nccn23)cc1. The van der Waals surface area contributed by atoms with Gasteiger partial charge < -0.3 is 5.73 Å². The Morgan fingerprint density at radius 2 is 1.90 bits per heavy atom. The first-order valence-electron chi connectivity index (χ1n) is 6.82. The lowest BCUT2D eigenvalue weighted by Crippen LogP contribution is -2.03. The van der Waals surface area contributed by atoms with E-state index in [0.717, 1.165) is 22.6 Å². The third-order valence-corrected chi connectivity index (χ3v) is 3.57. The summed E-state index contributed by atoms with van der Waals surface area (Å²) in [6.45, 7) is 4.79. The summed E-state index contributed by atoms with van der Waals surface area (Å²) in [5.41, 5.74) is 10.9. The molecule has 0 fully saturated rings. The van der Waals surface area contributed by atoms with Crippen molar-refractivity contribution in [2.24, 2.45) is 5.73 Å². The van der Waals surface area contributed by atoms with Crippen molar-refractivity contribution >= 4 is 5.65 Å². The number of rotatable bonds is 3. The molecule has 0 aliphatic rings. The van der Waals surface area contributed by atoms with Gasteiger partial charge >= 0.3 is 0 Å². The predicted molar refractivity (Wildman–Crippen MR) is 80.4 cm³/mol. The molecule has 0 amide bonds. The van der Waals surface area contributed by atoms with Crippen LogP contribution in [0.2, 0.25) is 0 Å². The minimum Gasteiger partial charge on any atom is -0.325 e. The van der Waals surface area contributed by atoms with E-state index in [0.29, 0.717) is 12.5 Å². The summed E-state index contributed by atoms with van der Waals surface area (Å²) in [5, 5.41) is 0. The van der Waals surface area contributed by atoms with Crippen molar-refractivity contribution in [1.82, 2.24) is 14.4 Å². The maximum atomic E-state index is 5.70. The van der Waals surface area contributed by atoms with E-state index in [1.165, 1.54) is 5.56 Å². The van der Waals surface area contributed by atoms with Crippen molar-refractivity contribution in [3.63, 3.8) is 0 Å². The van der Waals surface area contributed by atoms with Gasteiger partial charge in [0.05, 0.1) is 17.6 Å². The van der Waals surface area contributed by atoms with Gasteiger partial charge in [-0.1, -0.05) is 38.1 Å². The van der Waals surface area contributed by atoms with Gasteiger partial charge in [0.2, 0.25) is 0 Å². The second-order valence-electron chi connectivity index (χ2n) is 5.19. The minimum atomic E-state index is 0.396. The molecule has 0 saturated carbocycles. The molecule has 0 saturated heterocycles. The van der Waals surface area contributed by atoms with Crippen molar-refractivity contribution in [2.45, 2.75) is 26.3 Å². The fourth-order valence-corrected chi connectivity index (χ4v) is 2.37. The zero-order valence-electron chi connectivity index (χ0n) is 11.7. The molecule has 2 N–H and O–H groups in total. The van der Waals surface area contributed by atoms with Gasteiger partial charge in [-0.2, -0.15) is 0 Å². The lowest BCUT2D eigenvalue weighted by Gasteiger charge is -2.07. The average molecular weight is 266 g/mol. The van der Waals surface area contributed by atoms with Gasteiger partial charge in [0, 0.05) is 24.5 Å². The summed E-state index contributed by atoms with van der Waals surface area (Å²) in [7, 11) is 0. The van der Waals surface area contributed by atoms with Crippen LogP contribution in [0, 0.1) is 0 Å². The van der Waals surface area contributed by atoms with Crippen LogP contribution in [0.15, 0.2) is 42.9 Å². The molecule has 20 heavy (non-hydrogen) atoms. The van der Waals surface area contributed by atoms with Crippen LogP contribution in [-0.4, -0.2) is 14.4 Å². The first-order valence-corrected chi connectivity index (χ1v) is 6.82. The summed E-state index contributed by atoms with van der Waals surface area (Å²) in [4.78, 5) is 8.71. The van der Waals surface area contributed by atoms with Crippen molar-refractivity contribution in [1.29, 1.82) is 0 Å². The Balaban J connectivity index is 2.10. The number of hydrogen-bond acceptors (Lipinski definition) is 3. The van der Waals surface area contributed by atoms with E-state index in [2.05, 4.69) is 48.1 Å². The van der Waals surface area contributed by atoms with E-state index in [-0.39, 0.29) is 0 Å². The standard InChI is InChI=1S/C16H18N4/c1-11(2)12-3-5-13(6-4-12)15-10-19-16-14(9-17)18-7-8-20(15)16/h3-8,10-11H,9,17H2,1-2H3. The van der Waals surface area contributed by atoms with Crippen LogP contribution in [0.4, 0.5) is 0 Å². The van der Waals surface area contributed by atoms with Gasteiger partial charge in [0.25, 0.3) is 0 Å². The molecule has 0 aliphatic heterocycles. The summed E-state index contributed by atoms with van der Waals surface area (Å²) in [6, 6.07) is 8.62. The molecule has 1 aromatic carbocycles. The van der Waals surface area contributed by atoms with E-state index >= 15 is 0 Å². The fraction of sp³-hybridized carbons (Fsp3) is 0.250. The zero-order chi connectivity index (χ0) is 14.1. The highest BCUT2D eigenvalue weighted by molar-refractivity contribution is 5.64. The van der Waals surface area contributed by atoms with Crippen molar-refractivity contribution in [3.8, 4) is 11.3 Å². The Morgan fingerprint density at radius 1 is 1.15 bits per heavy atom. The van der Waals surface area contributed by atoms with Gasteiger partial charge in [-0.05, 0) is 11.5 Å². The normalized spacial score (nSPS) is 11.4. The van der Waals surface area contributed by atoms with E-state index in [1.54, 1.807) is 6.20 Å². The van der Waals surface area contributed by atoms with Crippen LogP contribution in [-0.2, 0) is 6.54 Å². The van der Waals surface area contributed by atoms with E-state index in [1.807, 2.05) is 16.8 Å². The lowest BCUT2D eigenvalue weighted by molar-refractivity contribution is 0.867. The quantitative estimate of drug-likeness (QED) is 0.793. The molecule has 3 aromatic rings. The van der Waals surface area contributed by atoms with E-state index < -0.39 is 0 Å². The predicted octanol–water partition coefficient (Wildman–Crippen LogP) is 2.98. The summed E-state index contributed by atoms with van der Waals surface area (Å²) < 4.78 is 2.04. The molecule has 0 unspecified atom stereocenters. The van der Waals surface area contributed by atoms with Crippen molar-refractivity contribution < 1.29 is 0 Å². The number of imidazole rings is 1. The number of benzene rings is 1. The molecular formula is C16H18N4. The Hall–Kier alpha value is -2.20. The number of nitrogens with zero attached hydrogens (tertiary/aromatic N) is 3. The number of nitrogens with two attached hydrogens (primary N) is 1. The van der Waals surface area contributed by atoms with Gasteiger partial charge in [0.15, 0.2) is 5.65 Å².